The van der Waals surface area contributed by atoms with Crippen molar-refractivity contribution in [2.75, 3.05) is 58.6 Å². The van der Waals surface area contributed by atoms with Crippen molar-refractivity contribution in [2.24, 2.45) is 22.5 Å². The molecule has 16 nitrogen and oxygen atoms in total. The molecule has 6 amide bonds. The lowest BCUT2D eigenvalue weighted by Gasteiger charge is -2.35. The molecule has 4 aliphatic heterocycles. The smallest absolute Gasteiger partial charge is 0.246 e. The van der Waals surface area contributed by atoms with Gasteiger partial charge in [0.2, 0.25) is 35.4 Å². The van der Waals surface area contributed by atoms with E-state index in [0.717, 1.165) is 61.2 Å². The van der Waals surface area contributed by atoms with E-state index < -0.39 is 40.9 Å². The molecule has 1 unspecified atom stereocenters. The second-order valence-corrected chi connectivity index (χ2v) is 25.0. The fourth-order valence-electron chi connectivity index (χ4n) is 11.4. The molecule has 4 aliphatic rings. The Morgan fingerprint density at radius 2 is 1.17 bits per heavy atom. The molecule has 416 valence electrons. The molecule has 0 spiro atoms. The number of hydrogen-bond acceptors (Lipinski definition) is 12. The molecule has 2 aromatic rings. The van der Waals surface area contributed by atoms with Gasteiger partial charge in [0.25, 0.3) is 0 Å². The third-order valence-corrected chi connectivity index (χ3v) is 18.2. The molecule has 4 saturated heterocycles. The molecule has 4 heterocycles. The molecule has 75 heavy (non-hydrogen) atoms. The zero-order valence-corrected chi connectivity index (χ0v) is 47.2. The number of amides is 6. The zero-order valence-electron chi connectivity index (χ0n) is 45.6. The Balaban J connectivity index is 0.856. The number of hydrogen-bond donors (Lipinski definition) is 6. The maximum atomic E-state index is 14.3. The van der Waals surface area contributed by atoms with Crippen molar-refractivity contribution in [2.45, 2.75) is 171 Å². The quantitative estimate of drug-likeness (QED) is 0.0457. The van der Waals surface area contributed by atoms with Crippen molar-refractivity contribution in [3.05, 3.63) is 71.8 Å². The topological polar surface area (TPSA) is 214 Å². The van der Waals surface area contributed by atoms with Crippen molar-refractivity contribution in [1.82, 2.24) is 36.4 Å². The Morgan fingerprint density at radius 1 is 0.693 bits per heavy atom. The molecule has 7 N–H and O–H groups in total. The molecule has 0 bridgehead atoms. The highest BCUT2D eigenvalue weighted by Gasteiger charge is 2.56. The second kappa shape index (κ2) is 29.5. The highest BCUT2D eigenvalue weighted by atomic mass is 32.2. The van der Waals surface area contributed by atoms with Gasteiger partial charge in [-0.05, 0) is 92.0 Å². The average Bonchev–Trinajstić information content (AvgIpc) is 3.70. The lowest BCUT2D eigenvalue weighted by molar-refractivity contribution is -0.144. The van der Waals surface area contributed by atoms with Crippen LogP contribution in [0.3, 0.4) is 0 Å². The first-order chi connectivity index (χ1) is 36.0. The Hall–Kier alpha value is -4.20. The van der Waals surface area contributed by atoms with E-state index in [4.69, 9.17) is 15.2 Å². The Morgan fingerprint density at radius 3 is 1.65 bits per heavy atom. The number of primary amides is 1. The second-order valence-electron chi connectivity index (χ2n) is 22.5. The van der Waals surface area contributed by atoms with Crippen molar-refractivity contribution in [1.29, 1.82) is 0 Å². The molecular weight excluding hydrogens is 989 g/mol. The predicted octanol–water partition coefficient (Wildman–Crippen LogP) is 6.60. The van der Waals surface area contributed by atoms with Crippen LogP contribution in [0.2, 0.25) is 0 Å². The number of rotatable bonds is 30. The molecule has 18 heteroatoms. The average molecular weight is 1080 g/mol. The summed E-state index contributed by atoms with van der Waals surface area (Å²) in [7, 11) is 3.40. The van der Waals surface area contributed by atoms with Crippen LogP contribution < -0.4 is 32.3 Å². The number of thioether (sulfide) groups is 2. The van der Waals surface area contributed by atoms with Crippen molar-refractivity contribution in [3.63, 3.8) is 0 Å². The summed E-state index contributed by atoms with van der Waals surface area (Å²) < 4.78 is 12.4. The first-order valence-electron chi connectivity index (χ1n) is 27.7. The number of carbonyl (C=O) groups excluding carboxylic acids is 6. The zero-order chi connectivity index (χ0) is 54.0. The lowest BCUT2D eigenvalue weighted by Crippen LogP contribution is -2.57. The summed E-state index contributed by atoms with van der Waals surface area (Å²) in [6.07, 6.45) is 13.8. The van der Waals surface area contributed by atoms with Crippen molar-refractivity contribution < 1.29 is 38.2 Å². The molecule has 9 atom stereocenters. The van der Waals surface area contributed by atoms with Crippen LogP contribution in [0.5, 0.6) is 0 Å². The van der Waals surface area contributed by atoms with Gasteiger partial charge in [0.15, 0.2) is 0 Å². The van der Waals surface area contributed by atoms with E-state index >= 15 is 0 Å². The molecule has 0 aromatic heterocycles. The summed E-state index contributed by atoms with van der Waals surface area (Å²) in [5, 5.41) is 15.0. The number of nitrogens with two attached hydrogens (primary N) is 1. The van der Waals surface area contributed by atoms with Gasteiger partial charge in [-0.15, -0.1) is 23.5 Å². The Labute approximate surface area is 455 Å². The Kier molecular flexibility index (Phi) is 23.6. The van der Waals surface area contributed by atoms with Crippen molar-refractivity contribution in [3.8, 4) is 0 Å². The van der Waals surface area contributed by atoms with E-state index in [2.05, 4.69) is 54.3 Å². The van der Waals surface area contributed by atoms with E-state index in [1.807, 2.05) is 65.6 Å². The summed E-state index contributed by atoms with van der Waals surface area (Å²) in [5.74, 6) is 0.157. The Bertz CT molecular complexity index is 2160. The van der Waals surface area contributed by atoms with Gasteiger partial charge in [0.1, 0.15) is 18.1 Å². The van der Waals surface area contributed by atoms with Crippen LogP contribution in [0.25, 0.3) is 0 Å². The molecule has 4 fully saturated rings. The minimum Gasteiger partial charge on any atom is -0.379 e. The van der Waals surface area contributed by atoms with E-state index in [-0.39, 0.29) is 71.3 Å². The fraction of sp³-hybridized carbons (Fsp3) is 0.684. The number of nitrogens with zero attached hydrogens (tertiary/aromatic N) is 2. The number of benzene rings is 2. The summed E-state index contributed by atoms with van der Waals surface area (Å²) in [5.41, 5.74) is 6.63. The lowest BCUT2D eigenvalue weighted by atomic mass is 9.83. The van der Waals surface area contributed by atoms with Gasteiger partial charge in [-0.1, -0.05) is 140 Å². The SMILES string of the molecule is CNCC(=O)N[C@H]1CCS[C@H]2CC(C)(C)[C@@H](C(=O)N[C@H](COCCCCCCCCCCCCOC[C@@H](NC(=O)[C@H]3N4C(=O)CC(C[C@H](NC)C(N)=O)CS[C@H]4CC3(C)C)c3ccccc3)c3ccccc3)N2C1=O. The van der Waals surface area contributed by atoms with Gasteiger partial charge in [-0.3, -0.25) is 28.8 Å². The van der Waals surface area contributed by atoms with Gasteiger partial charge in [0.05, 0.1) is 48.6 Å². The molecule has 0 saturated carbocycles. The summed E-state index contributed by atoms with van der Waals surface area (Å²) >= 11 is 3.39. The number of carbonyl (C=O) groups is 6. The van der Waals surface area contributed by atoms with E-state index in [9.17, 15) is 28.8 Å². The molecule has 2 aromatic carbocycles. The summed E-state index contributed by atoms with van der Waals surface area (Å²) in [4.78, 5) is 84.4. The number of likely N-dealkylation sites (N-methyl/N-ethyl adjacent to an activating group) is 2. The van der Waals surface area contributed by atoms with Gasteiger partial charge >= 0.3 is 0 Å². The third-order valence-electron chi connectivity index (χ3n) is 15.5. The molecule has 0 radical (unpaired) electrons. The van der Waals surface area contributed by atoms with Crippen LogP contribution in [0.1, 0.15) is 147 Å². The largest absolute Gasteiger partial charge is 0.379 e. The summed E-state index contributed by atoms with van der Waals surface area (Å²) in [6.45, 7) is 10.2. The van der Waals surface area contributed by atoms with Crippen LogP contribution in [0, 0.1) is 16.7 Å². The first kappa shape index (κ1) is 60.0. The van der Waals surface area contributed by atoms with Crippen LogP contribution >= 0.6 is 23.5 Å². The molecule has 6 rings (SSSR count). The molecular formula is C57H88N8O8S2. The number of fused-ring (bicyclic) bond motifs is 2. The van der Waals surface area contributed by atoms with Gasteiger partial charge < -0.3 is 51.6 Å². The van der Waals surface area contributed by atoms with E-state index in [1.165, 1.54) is 25.7 Å². The predicted molar refractivity (Wildman–Crippen MR) is 298 cm³/mol. The highest BCUT2D eigenvalue weighted by Crippen LogP contribution is 2.48. The fourth-order valence-corrected chi connectivity index (χ4v) is 14.7. The van der Waals surface area contributed by atoms with Crippen LogP contribution in [0.4, 0.5) is 0 Å². The first-order valence-corrected chi connectivity index (χ1v) is 29.8. The summed E-state index contributed by atoms with van der Waals surface area (Å²) in [6, 6.07) is 16.6. The van der Waals surface area contributed by atoms with Gasteiger partial charge in [-0.25, -0.2) is 0 Å². The number of unbranched alkanes of at least 4 members (excludes halogenated alkanes) is 9. The van der Waals surface area contributed by atoms with Gasteiger partial charge in [0, 0.05) is 19.6 Å². The highest BCUT2D eigenvalue weighted by molar-refractivity contribution is 8.00. The van der Waals surface area contributed by atoms with Crippen LogP contribution in [-0.4, -0.2) is 139 Å². The van der Waals surface area contributed by atoms with Crippen LogP contribution in [-0.2, 0) is 38.2 Å². The monoisotopic (exact) mass is 1080 g/mol. The molecule has 0 aliphatic carbocycles. The standard InChI is InChI=1S/C57H88N8O8S2/c1-56(2)33-48-64(47(67)32-39(38-75-48)31-43(60-6)52(58)68)50(56)53(69)62-44(40-23-17-15-18-24-40)36-72-28-21-13-11-9-7-8-10-12-14-22-29-73-37-45(41-25-19-16-20-26-41)63-54(70)51-57(3,4)34-49-65(51)55(71)42(27-30-74-49)61-46(66)35-59-5/h15-20,23-26,39,42-45,48-51,59-60H,7-14,21-22,27-38H2,1-6H3,(H2,58,68)(H,61,66)(H,62,69)(H,63,70)/t39?,42-,43-,44+,45+,48-,49-,50+,51+/m0/s1. The van der Waals surface area contributed by atoms with Gasteiger partial charge in [-0.2, -0.15) is 0 Å². The number of nitrogens with one attached hydrogen (secondary N) is 5. The van der Waals surface area contributed by atoms with Crippen LogP contribution in [0.15, 0.2) is 60.7 Å². The van der Waals surface area contributed by atoms with E-state index in [1.54, 1.807) is 42.5 Å². The maximum Gasteiger partial charge on any atom is 0.246 e. The number of ether oxygens (including phenoxy) is 2. The maximum absolute atomic E-state index is 14.3. The minimum atomic E-state index is -0.679. The normalized spacial score (nSPS) is 24.3. The van der Waals surface area contributed by atoms with E-state index in [0.29, 0.717) is 52.1 Å². The minimum absolute atomic E-state index is 0.0154. The third kappa shape index (κ3) is 17.1. The van der Waals surface area contributed by atoms with Crippen molar-refractivity contribution >= 4 is 59.0 Å².